The number of nitrogens with two attached hydrogens (primary N) is 1. The number of hydrogen-bond donors (Lipinski definition) is 1. The molecule has 0 fully saturated rings. The molecule has 1 aliphatic heterocycles. The number of aryl methyl sites for hydroxylation is 4. The molecule has 9 heteroatoms. The second kappa shape index (κ2) is 8.60. The third-order valence-corrected chi connectivity index (χ3v) is 6.56. The van der Waals surface area contributed by atoms with Gasteiger partial charge < -0.3 is 19.8 Å². The second-order valence-corrected chi connectivity index (χ2v) is 8.50. The van der Waals surface area contributed by atoms with E-state index in [9.17, 15) is 9.59 Å². The smallest absolute Gasteiger partial charge is 0.354 e. The molecule has 32 heavy (non-hydrogen) atoms. The first-order valence-electron chi connectivity index (χ1n) is 10.6. The molecule has 1 atom stereocenters. The van der Waals surface area contributed by atoms with Gasteiger partial charge in [-0.3, -0.25) is 9.48 Å². The predicted octanol–water partition coefficient (Wildman–Crippen LogP) is 3.69. The van der Waals surface area contributed by atoms with Crippen molar-refractivity contribution in [2.24, 2.45) is 12.8 Å². The van der Waals surface area contributed by atoms with Crippen LogP contribution in [0.5, 0.6) is 0 Å². The number of methoxy groups -OCH3 is 2. The molecule has 0 radical (unpaired) electrons. The molecule has 1 aliphatic rings. The lowest BCUT2D eigenvalue weighted by molar-refractivity contribution is -0.140. The van der Waals surface area contributed by atoms with Crippen LogP contribution in [0.25, 0.3) is 22.0 Å². The Kier molecular flexibility index (Phi) is 6.01. The first-order chi connectivity index (χ1) is 15.3. The van der Waals surface area contributed by atoms with Crippen LogP contribution >= 0.6 is 11.6 Å². The Morgan fingerprint density at radius 1 is 1.25 bits per heavy atom. The second-order valence-electron chi connectivity index (χ2n) is 8.09. The highest BCUT2D eigenvalue weighted by molar-refractivity contribution is 6.35. The van der Waals surface area contributed by atoms with Crippen LogP contribution in [0, 0.1) is 6.92 Å². The van der Waals surface area contributed by atoms with Crippen molar-refractivity contribution in [3.05, 3.63) is 39.8 Å². The van der Waals surface area contributed by atoms with Crippen molar-refractivity contribution in [1.29, 1.82) is 0 Å². The number of hydrogen-bond acceptors (Lipinski definition) is 6. The Hall–Kier alpha value is -2.84. The van der Waals surface area contributed by atoms with Crippen LogP contribution in [0.4, 0.5) is 0 Å². The molecule has 170 valence electrons. The van der Waals surface area contributed by atoms with Gasteiger partial charge in [-0.15, -0.1) is 0 Å². The molecular weight excluding hydrogens is 432 g/mol. The van der Waals surface area contributed by atoms with Crippen molar-refractivity contribution in [2.75, 3.05) is 14.2 Å². The van der Waals surface area contributed by atoms with E-state index in [1.165, 1.54) is 14.2 Å². The molecular formula is C23H27ClN4O4. The van der Waals surface area contributed by atoms with Crippen molar-refractivity contribution < 1.29 is 19.1 Å². The van der Waals surface area contributed by atoms with Gasteiger partial charge in [0.05, 0.1) is 36.1 Å². The number of nitrogens with zero attached hydrogens (tertiary/aromatic N) is 3. The van der Waals surface area contributed by atoms with Crippen LogP contribution in [0.2, 0.25) is 5.02 Å². The number of rotatable bonds is 5. The van der Waals surface area contributed by atoms with E-state index in [1.54, 1.807) is 11.6 Å². The third-order valence-electron chi connectivity index (χ3n) is 6.25. The summed E-state index contributed by atoms with van der Waals surface area (Å²) in [7, 11) is 4.50. The maximum absolute atomic E-state index is 12.7. The Balaban J connectivity index is 2.03. The maximum atomic E-state index is 12.7. The van der Waals surface area contributed by atoms with Crippen molar-refractivity contribution in [2.45, 2.75) is 45.2 Å². The average Bonchev–Trinajstić information content (AvgIpc) is 3.26. The lowest BCUT2D eigenvalue weighted by Crippen LogP contribution is -2.22. The van der Waals surface area contributed by atoms with Crippen molar-refractivity contribution in [1.82, 2.24) is 14.3 Å². The fraction of sp³-hybridized carbons (Fsp3) is 0.435. The number of carbonyl (C=O) groups is 2. The van der Waals surface area contributed by atoms with E-state index in [0.717, 1.165) is 58.4 Å². The van der Waals surface area contributed by atoms with Crippen LogP contribution in [-0.4, -0.2) is 40.5 Å². The molecule has 2 N–H and O–H groups in total. The number of ether oxygens (including phenoxy) is 2. The molecule has 0 spiro atoms. The molecule has 4 rings (SSSR count). The SMILES string of the molecule is COC(=O)CCc1c(C(=O)OC)n(C)c2c(-c3c(C)nn4c3[C@H](N)CCC4)c(Cl)ccc12. The topological polar surface area (TPSA) is 101 Å². The van der Waals surface area contributed by atoms with Gasteiger partial charge in [0.25, 0.3) is 0 Å². The maximum Gasteiger partial charge on any atom is 0.354 e. The summed E-state index contributed by atoms with van der Waals surface area (Å²) >= 11 is 6.77. The predicted molar refractivity (Wildman–Crippen MR) is 122 cm³/mol. The average molecular weight is 459 g/mol. The molecule has 2 aromatic heterocycles. The van der Waals surface area contributed by atoms with Gasteiger partial charge in [0, 0.05) is 42.6 Å². The summed E-state index contributed by atoms with van der Waals surface area (Å²) in [5, 5.41) is 6.10. The van der Waals surface area contributed by atoms with E-state index in [4.69, 9.17) is 31.9 Å². The molecule has 0 aliphatic carbocycles. The first kappa shape index (κ1) is 22.4. The van der Waals surface area contributed by atoms with Gasteiger partial charge in [-0.05, 0) is 37.8 Å². The molecule has 0 amide bonds. The monoisotopic (exact) mass is 458 g/mol. The van der Waals surface area contributed by atoms with Crippen LogP contribution in [0.15, 0.2) is 12.1 Å². The van der Waals surface area contributed by atoms with Gasteiger partial charge in [0.15, 0.2) is 0 Å². The summed E-state index contributed by atoms with van der Waals surface area (Å²) in [6.07, 6.45) is 2.32. The van der Waals surface area contributed by atoms with Crippen molar-refractivity contribution in [3.8, 4) is 11.1 Å². The number of fused-ring (bicyclic) bond motifs is 2. The summed E-state index contributed by atoms with van der Waals surface area (Å²) in [6.45, 7) is 2.76. The summed E-state index contributed by atoms with van der Waals surface area (Å²) in [5.41, 5.74) is 11.9. The van der Waals surface area contributed by atoms with E-state index in [0.29, 0.717) is 17.1 Å². The number of benzene rings is 1. The molecule has 0 saturated heterocycles. The number of esters is 2. The highest BCUT2D eigenvalue weighted by Gasteiger charge is 2.30. The summed E-state index contributed by atoms with van der Waals surface area (Å²) in [4.78, 5) is 24.6. The normalized spacial score (nSPS) is 15.6. The minimum Gasteiger partial charge on any atom is -0.469 e. The van der Waals surface area contributed by atoms with Crippen molar-refractivity contribution >= 4 is 34.4 Å². The quantitative estimate of drug-likeness (QED) is 0.585. The zero-order valence-corrected chi connectivity index (χ0v) is 19.5. The van der Waals surface area contributed by atoms with Gasteiger partial charge in [-0.2, -0.15) is 5.10 Å². The van der Waals surface area contributed by atoms with E-state index in [-0.39, 0.29) is 18.4 Å². The molecule has 8 nitrogen and oxygen atoms in total. The molecule has 3 heterocycles. The summed E-state index contributed by atoms with van der Waals surface area (Å²) in [5.74, 6) is -0.823. The van der Waals surface area contributed by atoms with Crippen molar-refractivity contribution in [3.63, 3.8) is 0 Å². The zero-order valence-electron chi connectivity index (χ0n) is 18.7. The Morgan fingerprint density at radius 3 is 2.69 bits per heavy atom. The van der Waals surface area contributed by atoms with Gasteiger partial charge in [-0.25, -0.2) is 4.79 Å². The number of carbonyl (C=O) groups excluding carboxylic acids is 2. The highest BCUT2D eigenvalue weighted by Crippen LogP contribution is 2.44. The fourth-order valence-electron chi connectivity index (χ4n) is 4.83. The Bertz CT molecular complexity index is 1230. The van der Waals surface area contributed by atoms with E-state index in [2.05, 4.69) is 0 Å². The first-order valence-corrected chi connectivity index (χ1v) is 11.0. The molecule has 1 aromatic carbocycles. The zero-order chi connectivity index (χ0) is 23.2. The summed E-state index contributed by atoms with van der Waals surface area (Å²) < 4.78 is 13.6. The van der Waals surface area contributed by atoms with Crippen LogP contribution < -0.4 is 5.73 Å². The number of aromatic nitrogens is 3. The minimum absolute atomic E-state index is 0.144. The standard InChI is InChI=1S/C23H27ClN4O4/c1-12-18(22-16(25)6-5-11-28(22)26-12)19-15(24)9-7-13-14(8-10-17(29)31-3)21(23(30)32-4)27(2)20(13)19/h7,9,16H,5-6,8,10-11,25H2,1-4H3/t16-/m1/s1. The third kappa shape index (κ3) is 3.47. The molecule has 0 bridgehead atoms. The lowest BCUT2D eigenvalue weighted by Gasteiger charge is -2.22. The molecule has 0 saturated carbocycles. The van der Waals surface area contributed by atoms with Gasteiger partial charge in [0.2, 0.25) is 0 Å². The number of halogens is 1. The van der Waals surface area contributed by atoms with Gasteiger partial charge >= 0.3 is 11.9 Å². The lowest BCUT2D eigenvalue weighted by atomic mass is 9.93. The highest BCUT2D eigenvalue weighted by atomic mass is 35.5. The molecule has 0 unspecified atom stereocenters. The van der Waals surface area contributed by atoms with Crippen LogP contribution in [0.1, 0.15) is 52.7 Å². The molecule has 3 aromatic rings. The van der Waals surface area contributed by atoms with E-state index < -0.39 is 5.97 Å². The van der Waals surface area contributed by atoms with Crippen LogP contribution in [-0.2, 0) is 34.3 Å². The Labute approximate surface area is 191 Å². The van der Waals surface area contributed by atoms with Gasteiger partial charge in [-0.1, -0.05) is 17.7 Å². The fourth-order valence-corrected chi connectivity index (χ4v) is 5.08. The van der Waals surface area contributed by atoms with Crippen LogP contribution in [0.3, 0.4) is 0 Å². The van der Waals surface area contributed by atoms with Gasteiger partial charge in [0.1, 0.15) is 5.69 Å². The summed E-state index contributed by atoms with van der Waals surface area (Å²) in [6, 6.07) is 3.55. The van der Waals surface area contributed by atoms with E-state index >= 15 is 0 Å². The Morgan fingerprint density at radius 2 is 2.00 bits per heavy atom. The van der Waals surface area contributed by atoms with E-state index in [1.807, 2.05) is 23.7 Å². The minimum atomic E-state index is -0.476. The largest absolute Gasteiger partial charge is 0.469 e.